The average Bonchev–Trinajstić information content (AvgIpc) is 2.23. The highest BCUT2D eigenvalue weighted by molar-refractivity contribution is 4.87. The van der Waals surface area contributed by atoms with Crippen LogP contribution in [-0.2, 0) is 4.74 Å². The summed E-state index contributed by atoms with van der Waals surface area (Å²) in [6.07, 6.45) is 3.58. The minimum absolute atomic E-state index is 0.161. The van der Waals surface area contributed by atoms with E-state index in [1.165, 1.54) is 0 Å². The van der Waals surface area contributed by atoms with Crippen molar-refractivity contribution in [2.75, 3.05) is 0 Å². The molecule has 1 saturated carbocycles. The predicted octanol–water partition coefficient (Wildman–Crippen LogP) is 2.64. The number of rotatable bonds is 5. The van der Waals surface area contributed by atoms with E-state index in [0.29, 0.717) is 17.8 Å². The molecule has 1 fully saturated rings. The Hall–Kier alpha value is -0.700. The van der Waals surface area contributed by atoms with Crippen LogP contribution in [0.2, 0.25) is 0 Å². The van der Waals surface area contributed by atoms with Gasteiger partial charge in [-0.15, -0.1) is 0 Å². The van der Waals surface area contributed by atoms with Crippen molar-refractivity contribution < 1.29 is 9.84 Å². The van der Waals surface area contributed by atoms with Crippen molar-refractivity contribution in [3.05, 3.63) is 12.5 Å². The second-order valence-electron chi connectivity index (χ2n) is 5.76. The van der Waals surface area contributed by atoms with Gasteiger partial charge in [-0.2, -0.15) is 0 Å². The van der Waals surface area contributed by atoms with Crippen LogP contribution in [0.1, 0.15) is 46.5 Å². The highest BCUT2D eigenvalue weighted by atomic mass is 16.5. The van der Waals surface area contributed by atoms with Gasteiger partial charge in [0.1, 0.15) is 6.10 Å². The molecule has 100 valence electrons. The minimum Gasteiger partial charge on any atom is -0.474 e. The first-order valence-corrected chi connectivity index (χ1v) is 6.71. The lowest BCUT2D eigenvalue weighted by Gasteiger charge is -2.36. The molecule has 1 aliphatic rings. The van der Waals surface area contributed by atoms with E-state index in [-0.39, 0.29) is 12.0 Å². The van der Waals surface area contributed by atoms with Crippen LogP contribution >= 0.6 is 0 Å². The van der Waals surface area contributed by atoms with Gasteiger partial charge in [-0.25, -0.2) is 0 Å². The number of hydrogen-bond donors (Lipinski definition) is 2. The van der Waals surface area contributed by atoms with Crippen LogP contribution in [0.3, 0.4) is 0 Å². The topological polar surface area (TPSA) is 55.5 Å². The van der Waals surface area contributed by atoms with Gasteiger partial charge in [-0.3, -0.25) is 0 Å². The molecule has 3 N–H and O–H groups in total. The normalized spacial score (nSPS) is 31.2. The van der Waals surface area contributed by atoms with E-state index < -0.39 is 6.10 Å². The van der Waals surface area contributed by atoms with Gasteiger partial charge in [0.25, 0.3) is 0 Å². The van der Waals surface area contributed by atoms with E-state index in [4.69, 9.17) is 10.5 Å². The van der Waals surface area contributed by atoms with Gasteiger partial charge in [-0.05, 0) is 50.0 Å². The molecule has 4 atom stereocenters. The van der Waals surface area contributed by atoms with Crippen molar-refractivity contribution in [1.29, 1.82) is 0 Å². The summed E-state index contributed by atoms with van der Waals surface area (Å²) in [6, 6.07) is 0. The van der Waals surface area contributed by atoms with Crippen LogP contribution in [-0.4, -0.2) is 17.3 Å². The Morgan fingerprint density at radius 1 is 1.41 bits per heavy atom. The van der Waals surface area contributed by atoms with Crippen LogP contribution in [0.25, 0.3) is 0 Å². The molecule has 0 amide bonds. The molecule has 3 nitrogen and oxygen atoms in total. The predicted molar refractivity (Wildman–Crippen MR) is 70.2 cm³/mol. The quantitative estimate of drug-likeness (QED) is 0.728. The van der Waals surface area contributed by atoms with Crippen LogP contribution in [0.4, 0.5) is 0 Å². The zero-order chi connectivity index (χ0) is 13.0. The zero-order valence-corrected chi connectivity index (χ0v) is 11.4. The highest BCUT2D eigenvalue weighted by Gasteiger charge is 2.34. The summed E-state index contributed by atoms with van der Waals surface area (Å²) >= 11 is 0. The number of hydrogen-bond acceptors (Lipinski definition) is 3. The van der Waals surface area contributed by atoms with E-state index >= 15 is 0 Å². The molecule has 4 unspecified atom stereocenters. The molecule has 0 heterocycles. The van der Waals surface area contributed by atoms with E-state index in [0.717, 1.165) is 25.7 Å². The van der Waals surface area contributed by atoms with E-state index in [9.17, 15) is 5.11 Å². The fraction of sp³-hybridized carbons (Fsp3) is 0.857. The third-order valence-corrected chi connectivity index (χ3v) is 4.04. The van der Waals surface area contributed by atoms with Crippen LogP contribution in [0.15, 0.2) is 12.5 Å². The average molecular weight is 241 g/mol. The first-order chi connectivity index (χ1) is 7.91. The SMILES string of the molecule is C=C(N)OC1CCCC(CC(C)C(C)C)C1O. The number of nitrogens with two attached hydrogens (primary N) is 1. The molecule has 0 saturated heterocycles. The summed E-state index contributed by atoms with van der Waals surface area (Å²) in [7, 11) is 0. The lowest BCUT2D eigenvalue weighted by atomic mass is 9.77. The Bertz CT molecular complexity index is 253. The van der Waals surface area contributed by atoms with Crippen LogP contribution in [0.5, 0.6) is 0 Å². The Morgan fingerprint density at radius 2 is 2.06 bits per heavy atom. The van der Waals surface area contributed by atoms with Crippen molar-refractivity contribution in [1.82, 2.24) is 0 Å². The third-order valence-electron chi connectivity index (χ3n) is 4.04. The molecular weight excluding hydrogens is 214 g/mol. The molecule has 0 aromatic carbocycles. The summed E-state index contributed by atoms with van der Waals surface area (Å²) < 4.78 is 5.41. The van der Waals surface area contributed by atoms with Crippen molar-refractivity contribution in [2.24, 2.45) is 23.5 Å². The second kappa shape index (κ2) is 6.29. The van der Waals surface area contributed by atoms with Gasteiger partial charge in [0.15, 0.2) is 5.88 Å². The van der Waals surface area contributed by atoms with Crippen LogP contribution < -0.4 is 5.73 Å². The Morgan fingerprint density at radius 3 is 2.59 bits per heavy atom. The Labute approximate surface area is 105 Å². The maximum atomic E-state index is 10.3. The van der Waals surface area contributed by atoms with Crippen molar-refractivity contribution in [3.63, 3.8) is 0 Å². The third kappa shape index (κ3) is 4.23. The first-order valence-electron chi connectivity index (χ1n) is 6.71. The highest BCUT2D eigenvalue weighted by Crippen LogP contribution is 2.33. The van der Waals surface area contributed by atoms with Gasteiger partial charge in [0.05, 0.1) is 6.10 Å². The van der Waals surface area contributed by atoms with Crippen molar-refractivity contribution in [3.8, 4) is 0 Å². The lowest BCUT2D eigenvalue weighted by molar-refractivity contribution is -0.0666. The molecule has 0 spiro atoms. The van der Waals surface area contributed by atoms with E-state index in [1.54, 1.807) is 0 Å². The summed E-state index contributed by atoms with van der Waals surface area (Å²) in [5.74, 6) is 1.85. The Balaban J connectivity index is 2.52. The smallest absolute Gasteiger partial charge is 0.177 e. The first kappa shape index (κ1) is 14.4. The van der Waals surface area contributed by atoms with Gasteiger partial charge >= 0.3 is 0 Å². The molecule has 0 aromatic rings. The Kier molecular flexibility index (Phi) is 5.31. The zero-order valence-electron chi connectivity index (χ0n) is 11.4. The van der Waals surface area contributed by atoms with Gasteiger partial charge in [-0.1, -0.05) is 20.8 Å². The molecular formula is C14H27NO2. The lowest BCUT2D eigenvalue weighted by Crippen LogP contribution is -2.40. The van der Waals surface area contributed by atoms with Crippen LogP contribution in [0, 0.1) is 17.8 Å². The standard InChI is InChI=1S/C14H27NO2/c1-9(2)10(3)8-12-6-5-7-13(14(12)16)17-11(4)15/h9-10,12-14,16H,4-8,15H2,1-3H3. The number of aliphatic hydroxyl groups excluding tert-OH is 1. The van der Waals surface area contributed by atoms with E-state index in [2.05, 4.69) is 27.4 Å². The maximum Gasteiger partial charge on any atom is 0.177 e. The van der Waals surface area contributed by atoms with Crippen molar-refractivity contribution >= 4 is 0 Å². The monoisotopic (exact) mass is 241 g/mol. The molecule has 0 bridgehead atoms. The summed E-state index contributed by atoms with van der Waals surface area (Å²) in [5, 5.41) is 10.3. The fourth-order valence-electron chi connectivity index (χ4n) is 2.56. The minimum atomic E-state index is -0.398. The molecule has 0 radical (unpaired) electrons. The summed E-state index contributed by atoms with van der Waals surface area (Å²) in [5.41, 5.74) is 5.45. The number of aliphatic hydroxyl groups is 1. The van der Waals surface area contributed by atoms with Gasteiger partial charge < -0.3 is 15.6 Å². The van der Waals surface area contributed by atoms with Crippen molar-refractivity contribution in [2.45, 2.75) is 58.7 Å². The van der Waals surface area contributed by atoms with Gasteiger partial charge in [0.2, 0.25) is 0 Å². The largest absolute Gasteiger partial charge is 0.474 e. The maximum absolute atomic E-state index is 10.3. The van der Waals surface area contributed by atoms with E-state index in [1.807, 2.05) is 0 Å². The fourth-order valence-corrected chi connectivity index (χ4v) is 2.56. The van der Waals surface area contributed by atoms with Gasteiger partial charge in [0, 0.05) is 0 Å². The molecule has 1 aliphatic carbocycles. The number of ether oxygens (including phenoxy) is 1. The second-order valence-corrected chi connectivity index (χ2v) is 5.76. The summed E-state index contributed by atoms with van der Waals surface area (Å²) in [6.45, 7) is 10.3. The molecule has 3 heteroatoms. The molecule has 17 heavy (non-hydrogen) atoms. The molecule has 0 aromatic heterocycles. The summed E-state index contributed by atoms with van der Waals surface area (Å²) in [4.78, 5) is 0. The molecule has 0 aliphatic heterocycles. The molecule has 1 rings (SSSR count).